The number of nitrogens with zero attached hydrogens (tertiary/aromatic N) is 6. The van der Waals surface area contributed by atoms with Crippen molar-refractivity contribution >= 4 is 52.9 Å². The Hall–Kier alpha value is -5.60. The average Bonchev–Trinajstić information content (AvgIpc) is 3.74. The second-order valence-corrected chi connectivity index (χ2v) is 10.5. The maximum Gasteiger partial charge on any atom is 0.411 e. The maximum atomic E-state index is 13.2. The van der Waals surface area contributed by atoms with E-state index < -0.39 is 18.0 Å². The number of carbonyl (C=O) groups is 3. The van der Waals surface area contributed by atoms with Gasteiger partial charge in [0.2, 0.25) is 11.8 Å². The predicted octanol–water partition coefficient (Wildman–Crippen LogP) is 4.51. The minimum absolute atomic E-state index is 0.155. The molecule has 4 N–H and O–H groups in total. The molecule has 0 fully saturated rings. The fourth-order valence-corrected chi connectivity index (χ4v) is 4.74. The lowest BCUT2D eigenvalue weighted by Gasteiger charge is -2.16. The Morgan fingerprint density at radius 2 is 1.93 bits per heavy atom. The molecule has 16 heteroatoms. The minimum atomic E-state index is -0.893. The predicted molar refractivity (Wildman–Crippen MR) is 170 cm³/mol. The Morgan fingerprint density at radius 1 is 1.11 bits per heavy atom. The zero-order valence-corrected chi connectivity index (χ0v) is 25.7. The second kappa shape index (κ2) is 14.9. The monoisotopic (exact) mass is 660 g/mol. The molecule has 0 aliphatic carbocycles. The van der Waals surface area contributed by atoms with Crippen LogP contribution < -0.4 is 16.0 Å². The van der Waals surface area contributed by atoms with Gasteiger partial charge in [-0.1, -0.05) is 41.4 Å². The van der Waals surface area contributed by atoms with Crippen molar-refractivity contribution in [3.8, 4) is 16.9 Å². The first-order valence-corrected chi connectivity index (χ1v) is 14.4. The Bertz CT molecular complexity index is 1850. The third-order valence-corrected chi connectivity index (χ3v) is 7.02. The van der Waals surface area contributed by atoms with Gasteiger partial charge in [0.15, 0.2) is 0 Å². The van der Waals surface area contributed by atoms with Gasteiger partial charge in [-0.2, -0.15) is 4.68 Å². The Morgan fingerprint density at radius 3 is 2.65 bits per heavy atom. The Kier molecular flexibility index (Phi) is 10.3. The molecule has 14 nitrogen and oxygen atoms in total. The SMILES string of the molecule is COC(=O)Nc1ccc(-c2nc(C(CC(=O)NCc3cccnc3)NC(=O)/C=C/c3cc(Cl)ccc3-n3cnnn3)[nH]c2Cl)cc1. The number of aromatic amines is 1. The quantitative estimate of drug-likeness (QED) is 0.148. The third-order valence-electron chi connectivity index (χ3n) is 6.52. The third kappa shape index (κ3) is 8.31. The number of benzene rings is 2. The lowest BCUT2D eigenvalue weighted by Crippen LogP contribution is -2.33. The molecule has 0 aliphatic rings. The maximum absolute atomic E-state index is 13.2. The van der Waals surface area contributed by atoms with E-state index in [0.717, 1.165) is 5.56 Å². The number of tetrazole rings is 1. The molecule has 1 unspecified atom stereocenters. The van der Waals surface area contributed by atoms with Gasteiger partial charge in [0, 0.05) is 46.9 Å². The highest BCUT2D eigenvalue weighted by atomic mass is 35.5. The highest BCUT2D eigenvalue weighted by Crippen LogP contribution is 2.29. The van der Waals surface area contributed by atoms with Gasteiger partial charge in [0.1, 0.15) is 23.0 Å². The van der Waals surface area contributed by atoms with E-state index in [9.17, 15) is 14.4 Å². The van der Waals surface area contributed by atoms with Crippen molar-refractivity contribution < 1.29 is 19.1 Å². The van der Waals surface area contributed by atoms with Crippen LogP contribution in [0.1, 0.15) is 29.4 Å². The van der Waals surface area contributed by atoms with Crippen molar-refractivity contribution in [1.82, 2.24) is 45.8 Å². The molecule has 0 saturated carbocycles. The summed E-state index contributed by atoms with van der Waals surface area (Å²) in [7, 11) is 1.27. The summed E-state index contributed by atoms with van der Waals surface area (Å²) in [6.45, 7) is 0.248. The second-order valence-electron chi connectivity index (χ2n) is 9.67. The Balaban J connectivity index is 1.37. The van der Waals surface area contributed by atoms with E-state index in [1.165, 1.54) is 24.2 Å². The standard InChI is InChI=1S/C30H26Cl2N10O4/c1-46-30(45)36-22-8-4-19(5-9-22)27-28(32)39-29(38-27)23(14-26(44)34-16-18-3-2-12-33-15-18)37-25(43)11-6-20-13-21(31)7-10-24(20)42-17-35-40-41-42/h2-13,15,17,23H,14,16H2,1H3,(H,34,44)(H,36,45)(H,37,43)(H,38,39)/b11-6+. The topological polar surface area (TPSA) is 182 Å². The van der Waals surface area contributed by atoms with Gasteiger partial charge >= 0.3 is 6.09 Å². The van der Waals surface area contributed by atoms with E-state index in [0.29, 0.717) is 33.2 Å². The van der Waals surface area contributed by atoms with E-state index in [1.807, 2.05) is 6.07 Å². The minimum Gasteiger partial charge on any atom is -0.453 e. The number of anilines is 1. The van der Waals surface area contributed by atoms with Crippen LogP contribution in [0, 0.1) is 0 Å². The van der Waals surface area contributed by atoms with Crippen molar-refractivity contribution in [2.75, 3.05) is 12.4 Å². The lowest BCUT2D eigenvalue weighted by atomic mass is 10.1. The van der Waals surface area contributed by atoms with Crippen LogP contribution in [0.5, 0.6) is 0 Å². The molecule has 0 saturated heterocycles. The number of hydrogen-bond donors (Lipinski definition) is 4. The molecule has 234 valence electrons. The fraction of sp³-hybridized carbons (Fsp3) is 0.133. The van der Waals surface area contributed by atoms with Gasteiger partial charge in [-0.3, -0.25) is 19.9 Å². The van der Waals surface area contributed by atoms with Crippen LogP contribution in [0.3, 0.4) is 0 Å². The van der Waals surface area contributed by atoms with Crippen molar-refractivity contribution in [1.29, 1.82) is 0 Å². The van der Waals surface area contributed by atoms with Gasteiger partial charge in [-0.15, -0.1) is 5.10 Å². The van der Waals surface area contributed by atoms with Crippen LogP contribution in [0.25, 0.3) is 23.0 Å². The zero-order valence-electron chi connectivity index (χ0n) is 24.1. The van der Waals surface area contributed by atoms with Gasteiger partial charge in [-0.25, -0.2) is 9.78 Å². The van der Waals surface area contributed by atoms with Crippen molar-refractivity contribution in [3.05, 3.63) is 107 Å². The van der Waals surface area contributed by atoms with Crippen LogP contribution in [0.2, 0.25) is 10.2 Å². The van der Waals surface area contributed by atoms with Crippen molar-refractivity contribution in [2.24, 2.45) is 0 Å². The van der Waals surface area contributed by atoms with Crippen molar-refractivity contribution in [3.63, 3.8) is 0 Å². The van der Waals surface area contributed by atoms with E-state index in [4.69, 9.17) is 23.2 Å². The van der Waals surface area contributed by atoms with Crippen LogP contribution in [0.15, 0.2) is 79.4 Å². The summed E-state index contributed by atoms with van der Waals surface area (Å²) in [5, 5.41) is 20.1. The molecule has 2 aromatic carbocycles. The molecule has 3 heterocycles. The van der Waals surface area contributed by atoms with Crippen LogP contribution in [-0.2, 0) is 20.9 Å². The molecule has 46 heavy (non-hydrogen) atoms. The first kappa shape index (κ1) is 31.8. The number of H-pyrrole nitrogens is 1. The van der Waals surface area contributed by atoms with E-state index in [1.54, 1.807) is 67.0 Å². The number of hydrogen-bond acceptors (Lipinski definition) is 9. The Labute approximate surface area is 272 Å². The van der Waals surface area contributed by atoms with Gasteiger partial charge in [0.25, 0.3) is 0 Å². The number of imidazole rings is 1. The number of rotatable bonds is 11. The lowest BCUT2D eigenvalue weighted by molar-refractivity contribution is -0.122. The van der Waals surface area contributed by atoms with E-state index >= 15 is 0 Å². The number of ether oxygens (including phenoxy) is 1. The molecule has 1 atom stereocenters. The number of amides is 3. The summed E-state index contributed by atoms with van der Waals surface area (Å²) in [4.78, 5) is 49.4. The summed E-state index contributed by atoms with van der Waals surface area (Å²) < 4.78 is 6.05. The number of nitrogens with one attached hydrogen (secondary N) is 4. The highest BCUT2D eigenvalue weighted by molar-refractivity contribution is 6.32. The molecule has 0 aliphatic heterocycles. The van der Waals surface area contributed by atoms with E-state index in [2.05, 4.69) is 51.2 Å². The highest BCUT2D eigenvalue weighted by Gasteiger charge is 2.23. The van der Waals surface area contributed by atoms with Crippen LogP contribution in [-0.4, -0.2) is 60.2 Å². The average molecular weight is 662 g/mol. The molecule has 0 bridgehead atoms. The summed E-state index contributed by atoms with van der Waals surface area (Å²) in [5.41, 5.74) is 3.51. The smallest absolute Gasteiger partial charge is 0.411 e. The summed E-state index contributed by atoms with van der Waals surface area (Å²) in [6, 6.07) is 14.5. The molecule has 0 spiro atoms. The molecule has 3 aromatic heterocycles. The van der Waals surface area contributed by atoms with Crippen LogP contribution in [0.4, 0.5) is 10.5 Å². The largest absolute Gasteiger partial charge is 0.453 e. The number of halogens is 2. The molecule has 5 aromatic rings. The van der Waals surface area contributed by atoms with Gasteiger partial charge in [0.05, 0.1) is 25.3 Å². The summed E-state index contributed by atoms with van der Waals surface area (Å²) in [5.74, 6) is -0.603. The van der Waals surface area contributed by atoms with Crippen molar-refractivity contribution in [2.45, 2.75) is 19.0 Å². The summed E-state index contributed by atoms with van der Waals surface area (Å²) >= 11 is 12.7. The van der Waals surface area contributed by atoms with Gasteiger partial charge in [-0.05, 0) is 58.5 Å². The molecular formula is C30H26Cl2N10O4. The first-order chi connectivity index (χ1) is 22.3. The number of aromatic nitrogens is 7. The molecule has 3 amide bonds. The van der Waals surface area contributed by atoms with E-state index in [-0.39, 0.29) is 29.9 Å². The number of pyridine rings is 1. The molecule has 0 radical (unpaired) electrons. The van der Waals surface area contributed by atoms with Gasteiger partial charge < -0.3 is 20.4 Å². The summed E-state index contributed by atoms with van der Waals surface area (Å²) in [6.07, 6.45) is 6.81. The zero-order chi connectivity index (χ0) is 32.5. The molecular weight excluding hydrogens is 635 g/mol. The number of carbonyl (C=O) groups excluding carboxylic acids is 3. The van der Waals surface area contributed by atoms with Crippen LogP contribution >= 0.6 is 23.2 Å². The fourth-order valence-electron chi connectivity index (χ4n) is 4.31. The molecule has 5 rings (SSSR count). The first-order valence-electron chi connectivity index (χ1n) is 13.7. The normalized spacial score (nSPS) is 11.6. The number of methoxy groups -OCH3 is 1.